The lowest BCUT2D eigenvalue weighted by Crippen LogP contribution is -2.28. The molecular formula is C13H21N3O2. The van der Waals surface area contributed by atoms with E-state index < -0.39 is 0 Å². The van der Waals surface area contributed by atoms with Crippen molar-refractivity contribution in [2.45, 2.75) is 45.1 Å². The average Bonchev–Trinajstić information content (AvgIpc) is 2.39. The molecule has 2 rings (SSSR count). The molecule has 100 valence electrons. The summed E-state index contributed by atoms with van der Waals surface area (Å²) in [6.07, 6.45) is 7.46. The lowest BCUT2D eigenvalue weighted by molar-refractivity contribution is 0.325. The van der Waals surface area contributed by atoms with E-state index in [0.29, 0.717) is 11.9 Å². The van der Waals surface area contributed by atoms with Crippen LogP contribution in [0.2, 0.25) is 0 Å². The molecule has 2 N–H and O–H groups in total. The van der Waals surface area contributed by atoms with E-state index in [2.05, 4.69) is 22.2 Å². The zero-order chi connectivity index (χ0) is 13.0. The third-order valence-electron chi connectivity index (χ3n) is 3.72. The van der Waals surface area contributed by atoms with Crippen LogP contribution in [-0.4, -0.2) is 23.1 Å². The van der Waals surface area contributed by atoms with E-state index >= 15 is 0 Å². The molecule has 0 radical (unpaired) electrons. The van der Waals surface area contributed by atoms with Crippen molar-refractivity contribution in [3.63, 3.8) is 0 Å². The van der Waals surface area contributed by atoms with Crippen molar-refractivity contribution >= 4 is 5.82 Å². The molecule has 1 saturated carbocycles. The van der Waals surface area contributed by atoms with Crippen LogP contribution in [0.4, 0.5) is 5.82 Å². The summed E-state index contributed by atoms with van der Waals surface area (Å²) in [5.74, 6) is 1.61. The van der Waals surface area contributed by atoms with Gasteiger partial charge in [-0.2, -0.15) is 0 Å². The quantitative estimate of drug-likeness (QED) is 0.860. The molecule has 0 aromatic carbocycles. The number of aromatic nitrogens is 2. The second kappa shape index (κ2) is 5.89. The van der Waals surface area contributed by atoms with E-state index in [1.165, 1.54) is 32.7 Å². The molecule has 1 heterocycles. The molecule has 18 heavy (non-hydrogen) atoms. The molecule has 1 aliphatic rings. The van der Waals surface area contributed by atoms with Crippen LogP contribution >= 0.6 is 0 Å². The van der Waals surface area contributed by atoms with Crippen LogP contribution in [0.3, 0.4) is 0 Å². The number of rotatable bonds is 4. The highest BCUT2D eigenvalue weighted by molar-refractivity contribution is 5.48. The first-order valence-electron chi connectivity index (χ1n) is 6.62. The summed E-state index contributed by atoms with van der Waals surface area (Å²) >= 11 is 0. The summed E-state index contributed by atoms with van der Waals surface area (Å²) in [7, 11) is 1.49. The third-order valence-corrected chi connectivity index (χ3v) is 3.72. The van der Waals surface area contributed by atoms with Crippen molar-refractivity contribution in [2.75, 3.05) is 12.4 Å². The van der Waals surface area contributed by atoms with Crippen LogP contribution in [0.25, 0.3) is 0 Å². The number of nitrogens with one attached hydrogen (secondary N) is 2. The molecule has 1 aromatic heterocycles. The number of H-pyrrole nitrogens is 1. The molecule has 1 fully saturated rings. The minimum Gasteiger partial charge on any atom is -0.489 e. The van der Waals surface area contributed by atoms with Crippen molar-refractivity contribution in [3.8, 4) is 5.75 Å². The molecular weight excluding hydrogens is 230 g/mol. The number of nitrogens with zero attached hydrogens (tertiary/aromatic N) is 1. The summed E-state index contributed by atoms with van der Waals surface area (Å²) in [4.78, 5) is 18.3. The maximum absolute atomic E-state index is 11.6. The zero-order valence-corrected chi connectivity index (χ0v) is 11.0. The van der Waals surface area contributed by atoms with E-state index in [1.54, 1.807) is 0 Å². The number of aromatic amines is 1. The minimum atomic E-state index is -0.238. The summed E-state index contributed by atoms with van der Waals surface area (Å²) < 4.78 is 5.10. The molecule has 0 amide bonds. The molecule has 0 spiro atoms. The van der Waals surface area contributed by atoms with E-state index in [0.717, 1.165) is 18.8 Å². The second-order valence-electron chi connectivity index (χ2n) is 4.90. The molecule has 5 nitrogen and oxygen atoms in total. The lowest BCUT2D eigenvalue weighted by Gasteiger charge is -2.29. The van der Waals surface area contributed by atoms with Gasteiger partial charge in [-0.3, -0.25) is 4.79 Å². The molecule has 1 aromatic rings. The van der Waals surface area contributed by atoms with Gasteiger partial charge < -0.3 is 15.0 Å². The van der Waals surface area contributed by atoms with Crippen LogP contribution in [-0.2, 0) is 0 Å². The summed E-state index contributed by atoms with van der Waals surface area (Å²) in [5.41, 5.74) is -0.238. The van der Waals surface area contributed by atoms with Gasteiger partial charge >= 0.3 is 0 Å². The SMILES string of the molecule is CCC1CCCC(Nc2nc[nH]c(=O)c2OC)C1. The molecule has 0 aliphatic heterocycles. The maximum Gasteiger partial charge on any atom is 0.295 e. The van der Waals surface area contributed by atoms with Gasteiger partial charge in [-0.25, -0.2) is 4.98 Å². The fourth-order valence-electron chi connectivity index (χ4n) is 2.67. The predicted molar refractivity (Wildman–Crippen MR) is 71.1 cm³/mol. The number of methoxy groups -OCH3 is 1. The molecule has 2 unspecified atom stereocenters. The van der Waals surface area contributed by atoms with Gasteiger partial charge in [0, 0.05) is 6.04 Å². The number of hydrogen-bond acceptors (Lipinski definition) is 4. The van der Waals surface area contributed by atoms with Crippen molar-refractivity contribution in [3.05, 3.63) is 16.7 Å². The van der Waals surface area contributed by atoms with Crippen LogP contribution < -0.4 is 15.6 Å². The standard InChI is InChI=1S/C13H21N3O2/c1-3-9-5-4-6-10(7-9)16-12-11(18-2)13(17)15-8-14-12/h8-10H,3-7H2,1-2H3,(H2,14,15,16,17). The Morgan fingerprint density at radius 3 is 3.11 bits per heavy atom. The maximum atomic E-state index is 11.6. The Kier molecular flexibility index (Phi) is 4.23. The Bertz CT molecular complexity index is 444. The van der Waals surface area contributed by atoms with Crippen molar-refractivity contribution in [2.24, 2.45) is 5.92 Å². The summed E-state index contributed by atoms with van der Waals surface area (Å²) in [5, 5.41) is 3.35. The van der Waals surface area contributed by atoms with E-state index in [-0.39, 0.29) is 11.3 Å². The second-order valence-corrected chi connectivity index (χ2v) is 4.90. The Morgan fingerprint density at radius 2 is 2.39 bits per heavy atom. The highest BCUT2D eigenvalue weighted by Gasteiger charge is 2.22. The smallest absolute Gasteiger partial charge is 0.295 e. The predicted octanol–water partition coefficient (Wildman–Crippen LogP) is 2.16. The molecule has 2 atom stereocenters. The van der Waals surface area contributed by atoms with E-state index in [1.807, 2.05) is 0 Å². The fourth-order valence-corrected chi connectivity index (χ4v) is 2.67. The van der Waals surface area contributed by atoms with Crippen LogP contribution in [0.15, 0.2) is 11.1 Å². The van der Waals surface area contributed by atoms with Gasteiger partial charge in [0.15, 0.2) is 5.82 Å². The van der Waals surface area contributed by atoms with Gasteiger partial charge in [-0.15, -0.1) is 0 Å². The van der Waals surface area contributed by atoms with Crippen molar-refractivity contribution in [1.29, 1.82) is 0 Å². The van der Waals surface area contributed by atoms with E-state index in [9.17, 15) is 4.79 Å². The van der Waals surface area contributed by atoms with Crippen LogP contribution in [0, 0.1) is 5.92 Å². The fraction of sp³-hybridized carbons (Fsp3) is 0.692. The Hall–Kier alpha value is -1.52. The Balaban J connectivity index is 2.09. The average molecular weight is 251 g/mol. The first-order chi connectivity index (χ1) is 8.74. The van der Waals surface area contributed by atoms with Crippen LogP contribution in [0.1, 0.15) is 39.0 Å². The highest BCUT2D eigenvalue weighted by Crippen LogP contribution is 2.29. The minimum absolute atomic E-state index is 0.238. The zero-order valence-electron chi connectivity index (χ0n) is 11.0. The Labute approximate surface area is 107 Å². The first-order valence-corrected chi connectivity index (χ1v) is 6.62. The monoisotopic (exact) mass is 251 g/mol. The van der Waals surface area contributed by atoms with Crippen LogP contribution in [0.5, 0.6) is 5.75 Å². The highest BCUT2D eigenvalue weighted by atomic mass is 16.5. The van der Waals surface area contributed by atoms with Crippen molar-refractivity contribution < 1.29 is 4.74 Å². The van der Waals surface area contributed by atoms with Gasteiger partial charge in [0.05, 0.1) is 13.4 Å². The lowest BCUT2D eigenvalue weighted by atomic mass is 9.84. The van der Waals surface area contributed by atoms with Crippen molar-refractivity contribution in [1.82, 2.24) is 9.97 Å². The summed E-state index contributed by atoms with van der Waals surface area (Å²) in [6.45, 7) is 2.24. The van der Waals surface area contributed by atoms with Gasteiger partial charge in [0.2, 0.25) is 5.75 Å². The number of anilines is 1. The largest absolute Gasteiger partial charge is 0.489 e. The number of ether oxygens (including phenoxy) is 1. The molecule has 0 saturated heterocycles. The number of hydrogen-bond donors (Lipinski definition) is 2. The van der Waals surface area contributed by atoms with Gasteiger partial charge in [0.1, 0.15) is 0 Å². The molecule has 0 bridgehead atoms. The third kappa shape index (κ3) is 2.83. The van der Waals surface area contributed by atoms with Gasteiger partial charge in [-0.1, -0.05) is 26.2 Å². The normalized spacial score (nSPS) is 23.7. The first kappa shape index (κ1) is 12.9. The topological polar surface area (TPSA) is 67.0 Å². The van der Waals surface area contributed by atoms with Gasteiger partial charge in [-0.05, 0) is 18.8 Å². The molecule has 5 heteroatoms. The summed E-state index contributed by atoms with van der Waals surface area (Å²) in [6, 6.07) is 0.395. The Morgan fingerprint density at radius 1 is 1.56 bits per heavy atom. The van der Waals surface area contributed by atoms with E-state index in [4.69, 9.17) is 4.74 Å². The van der Waals surface area contributed by atoms with Gasteiger partial charge in [0.25, 0.3) is 5.56 Å². The molecule has 1 aliphatic carbocycles.